The fourth-order valence-electron chi connectivity index (χ4n) is 4.28. The van der Waals surface area contributed by atoms with Crippen LogP contribution in [0.25, 0.3) is 0 Å². The van der Waals surface area contributed by atoms with Crippen molar-refractivity contribution in [3.05, 3.63) is 101 Å². The number of rotatable bonds is 12. The summed E-state index contributed by atoms with van der Waals surface area (Å²) in [5, 5.41) is 2.98. The fraction of sp³-hybridized carbons (Fsp3) is 0.355. The molecule has 0 aromatic heterocycles. The van der Waals surface area contributed by atoms with Crippen LogP contribution in [-0.4, -0.2) is 50.0 Å². The van der Waals surface area contributed by atoms with Gasteiger partial charge in [0.2, 0.25) is 21.8 Å². The minimum absolute atomic E-state index is 0.00489. The molecule has 0 saturated carbocycles. The lowest BCUT2D eigenvalue weighted by Gasteiger charge is -2.34. The number of halogens is 1. The predicted octanol–water partition coefficient (Wildman–Crippen LogP) is 4.76. The highest BCUT2D eigenvalue weighted by molar-refractivity contribution is 7.92. The zero-order valence-corrected chi connectivity index (χ0v) is 24.5. The topological polar surface area (TPSA) is 86.8 Å². The van der Waals surface area contributed by atoms with Crippen molar-refractivity contribution < 1.29 is 22.4 Å². The molecule has 0 radical (unpaired) electrons. The second-order valence-corrected chi connectivity index (χ2v) is 12.1. The van der Waals surface area contributed by atoms with E-state index in [2.05, 4.69) is 5.32 Å². The average Bonchev–Trinajstić information content (AvgIpc) is 2.91. The van der Waals surface area contributed by atoms with Gasteiger partial charge in [0.1, 0.15) is 18.4 Å². The maximum absolute atomic E-state index is 14.1. The minimum Gasteiger partial charge on any atom is -0.352 e. The van der Waals surface area contributed by atoms with Crippen molar-refractivity contribution in [1.82, 2.24) is 10.2 Å². The maximum Gasteiger partial charge on any atom is 0.244 e. The summed E-state index contributed by atoms with van der Waals surface area (Å²) in [5.74, 6) is -1.31. The highest BCUT2D eigenvalue weighted by Gasteiger charge is 2.33. The van der Waals surface area contributed by atoms with Crippen molar-refractivity contribution in [1.29, 1.82) is 0 Å². The Bertz CT molecular complexity index is 1410. The normalized spacial score (nSPS) is 12.8. The molecular weight excluding hydrogens is 529 g/mol. The molecule has 0 bridgehead atoms. The monoisotopic (exact) mass is 567 g/mol. The van der Waals surface area contributed by atoms with Crippen LogP contribution in [-0.2, 0) is 32.6 Å². The number of hydrogen-bond donors (Lipinski definition) is 1. The number of sulfonamides is 1. The van der Waals surface area contributed by atoms with E-state index in [0.29, 0.717) is 17.7 Å². The van der Waals surface area contributed by atoms with Crippen molar-refractivity contribution in [2.24, 2.45) is 0 Å². The van der Waals surface area contributed by atoms with Crippen LogP contribution >= 0.6 is 0 Å². The van der Waals surface area contributed by atoms with Gasteiger partial charge in [-0.05, 0) is 73.7 Å². The summed E-state index contributed by atoms with van der Waals surface area (Å²) in [6.07, 6.45) is 1.97. The Labute approximate surface area is 237 Å². The Morgan fingerprint density at radius 2 is 1.57 bits per heavy atom. The van der Waals surface area contributed by atoms with Gasteiger partial charge in [-0.3, -0.25) is 13.9 Å². The summed E-state index contributed by atoms with van der Waals surface area (Å²) in [7, 11) is -3.85. The zero-order valence-electron chi connectivity index (χ0n) is 23.7. The smallest absolute Gasteiger partial charge is 0.244 e. The Hall–Kier alpha value is -3.72. The van der Waals surface area contributed by atoms with Crippen LogP contribution in [0.1, 0.15) is 42.5 Å². The molecule has 0 saturated heterocycles. The van der Waals surface area contributed by atoms with Crippen LogP contribution in [0.5, 0.6) is 0 Å². The first-order chi connectivity index (χ1) is 18.9. The molecule has 2 amide bonds. The van der Waals surface area contributed by atoms with Crippen molar-refractivity contribution in [3.63, 3.8) is 0 Å². The lowest BCUT2D eigenvalue weighted by molar-refractivity contribution is -0.140. The molecule has 40 heavy (non-hydrogen) atoms. The number of nitrogens with zero attached hydrogens (tertiary/aromatic N) is 2. The molecule has 1 N–H and O–H groups in total. The van der Waals surface area contributed by atoms with E-state index in [1.165, 1.54) is 17.0 Å². The second kappa shape index (κ2) is 13.6. The molecule has 0 fully saturated rings. The van der Waals surface area contributed by atoms with Crippen molar-refractivity contribution >= 4 is 27.5 Å². The van der Waals surface area contributed by atoms with E-state index in [4.69, 9.17) is 0 Å². The quantitative estimate of drug-likeness (QED) is 0.342. The second-order valence-electron chi connectivity index (χ2n) is 10.2. The van der Waals surface area contributed by atoms with Crippen LogP contribution in [0.4, 0.5) is 10.1 Å². The first-order valence-electron chi connectivity index (χ1n) is 13.3. The molecule has 3 rings (SSSR count). The third kappa shape index (κ3) is 8.39. The van der Waals surface area contributed by atoms with E-state index in [-0.39, 0.29) is 24.9 Å². The first-order valence-corrected chi connectivity index (χ1v) is 15.2. The number of nitrogens with one attached hydrogen (secondary N) is 1. The van der Waals surface area contributed by atoms with Gasteiger partial charge in [-0.1, -0.05) is 55.5 Å². The van der Waals surface area contributed by atoms with Gasteiger partial charge in [-0.25, -0.2) is 12.8 Å². The molecule has 0 aliphatic carbocycles. The Kier molecular flexibility index (Phi) is 10.5. The third-order valence-electron chi connectivity index (χ3n) is 7.00. The average molecular weight is 568 g/mol. The Morgan fingerprint density at radius 3 is 2.15 bits per heavy atom. The molecule has 0 spiro atoms. The van der Waals surface area contributed by atoms with Crippen LogP contribution in [0.15, 0.2) is 72.8 Å². The van der Waals surface area contributed by atoms with E-state index < -0.39 is 34.3 Å². The summed E-state index contributed by atoms with van der Waals surface area (Å²) in [5.41, 5.74) is 3.70. The van der Waals surface area contributed by atoms with E-state index in [0.717, 1.165) is 27.3 Å². The number of amides is 2. The molecule has 214 valence electrons. The minimum atomic E-state index is -3.85. The lowest BCUT2D eigenvalue weighted by Crippen LogP contribution is -2.54. The largest absolute Gasteiger partial charge is 0.352 e. The van der Waals surface area contributed by atoms with Gasteiger partial charge >= 0.3 is 0 Å². The lowest BCUT2D eigenvalue weighted by atomic mass is 10.0. The summed E-state index contributed by atoms with van der Waals surface area (Å²) in [6.45, 7) is 7.13. The maximum atomic E-state index is 14.1. The molecule has 0 heterocycles. The zero-order chi connectivity index (χ0) is 29.4. The number of benzene rings is 3. The number of carbonyl (C=O) groups excluding carboxylic acids is 2. The van der Waals surface area contributed by atoms with Crippen LogP contribution in [0.3, 0.4) is 0 Å². The molecule has 3 aromatic rings. The van der Waals surface area contributed by atoms with Gasteiger partial charge in [0, 0.05) is 19.0 Å². The van der Waals surface area contributed by atoms with Gasteiger partial charge in [-0.15, -0.1) is 0 Å². The number of aryl methyl sites for hydroxylation is 2. The van der Waals surface area contributed by atoms with Gasteiger partial charge in [0.15, 0.2) is 0 Å². The van der Waals surface area contributed by atoms with Crippen LogP contribution < -0.4 is 9.62 Å². The summed E-state index contributed by atoms with van der Waals surface area (Å²) >= 11 is 0. The van der Waals surface area contributed by atoms with Crippen molar-refractivity contribution in [3.8, 4) is 0 Å². The number of carbonyl (C=O) groups is 2. The van der Waals surface area contributed by atoms with Crippen molar-refractivity contribution in [2.45, 2.75) is 59.2 Å². The summed E-state index contributed by atoms with van der Waals surface area (Å²) in [4.78, 5) is 29.1. The fourth-order valence-corrected chi connectivity index (χ4v) is 5.12. The van der Waals surface area contributed by atoms with Gasteiger partial charge in [0.05, 0.1) is 11.9 Å². The van der Waals surface area contributed by atoms with Crippen molar-refractivity contribution in [2.75, 3.05) is 17.1 Å². The van der Waals surface area contributed by atoms with E-state index in [1.54, 1.807) is 30.3 Å². The first kappa shape index (κ1) is 30.8. The highest BCUT2D eigenvalue weighted by atomic mass is 32.2. The molecule has 7 nitrogen and oxygen atoms in total. The van der Waals surface area contributed by atoms with Crippen LogP contribution in [0, 0.1) is 19.7 Å². The molecule has 0 unspecified atom stereocenters. The van der Waals surface area contributed by atoms with E-state index >= 15 is 0 Å². The standard InChI is InChI=1S/C31H38FN3O4S/c1-6-24(4)33-31(37)29(19-25-10-8-7-9-11-25)34(20-26-13-15-27(32)16-14-26)30(36)21-35(40(5,38)39)28-17-12-22(2)23(3)18-28/h7-18,24,29H,6,19-21H2,1-5H3,(H,33,37)/t24-,29-/m0/s1. The number of hydrogen-bond acceptors (Lipinski definition) is 4. The molecule has 0 aliphatic heterocycles. The third-order valence-corrected chi connectivity index (χ3v) is 8.14. The van der Waals surface area contributed by atoms with Gasteiger partial charge < -0.3 is 10.2 Å². The van der Waals surface area contributed by atoms with E-state index in [1.807, 2.05) is 58.0 Å². The Balaban J connectivity index is 2.06. The SMILES string of the molecule is CC[C@H](C)NC(=O)[C@H](Cc1ccccc1)N(Cc1ccc(F)cc1)C(=O)CN(c1ccc(C)c(C)c1)S(C)(=O)=O. The molecular formula is C31H38FN3O4S. The van der Waals surface area contributed by atoms with E-state index in [9.17, 15) is 22.4 Å². The van der Waals surface area contributed by atoms with Gasteiger partial charge in [-0.2, -0.15) is 0 Å². The molecule has 9 heteroatoms. The molecule has 3 aromatic carbocycles. The summed E-state index contributed by atoms with van der Waals surface area (Å²) in [6, 6.07) is 19.2. The van der Waals surface area contributed by atoms with Crippen LogP contribution in [0.2, 0.25) is 0 Å². The number of anilines is 1. The predicted molar refractivity (Wildman–Crippen MR) is 157 cm³/mol. The highest BCUT2D eigenvalue weighted by Crippen LogP contribution is 2.23. The Morgan fingerprint density at radius 1 is 0.925 bits per heavy atom. The molecule has 2 atom stereocenters. The van der Waals surface area contributed by atoms with Gasteiger partial charge in [0.25, 0.3) is 0 Å². The summed E-state index contributed by atoms with van der Waals surface area (Å²) < 4.78 is 40.5. The molecule has 0 aliphatic rings.